The second-order valence-electron chi connectivity index (χ2n) is 4.19. The molecule has 0 fully saturated rings. The molecule has 3 aromatic rings. The van der Waals surface area contributed by atoms with E-state index >= 15 is 0 Å². The Morgan fingerprint density at radius 2 is 2.10 bits per heavy atom. The minimum Gasteiger partial charge on any atom is -0.364 e. The zero-order chi connectivity index (χ0) is 14.8. The third-order valence-electron chi connectivity index (χ3n) is 2.71. The van der Waals surface area contributed by atoms with Gasteiger partial charge in [0.25, 0.3) is 5.91 Å². The first-order chi connectivity index (χ1) is 10.1. The number of amides is 1. The number of pyridine rings is 2. The van der Waals surface area contributed by atoms with Crippen LogP contribution in [0.1, 0.15) is 10.5 Å². The van der Waals surface area contributed by atoms with Gasteiger partial charge in [-0.2, -0.15) is 0 Å². The zero-order valence-corrected chi connectivity index (χ0v) is 11.5. The molecular weight excluding hydrogens is 291 g/mol. The summed E-state index contributed by atoms with van der Waals surface area (Å²) < 4.78 is 13.2. The molecule has 0 radical (unpaired) electrons. The molecule has 3 rings (SSSR count). The topological polar surface area (TPSA) is 81.8 Å². The Balaban J connectivity index is 1.98. The fourth-order valence-electron chi connectivity index (χ4n) is 1.76. The van der Waals surface area contributed by atoms with Crippen molar-refractivity contribution in [2.24, 2.45) is 5.73 Å². The number of halogens is 1. The van der Waals surface area contributed by atoms with Crippen molar-refractivity contribution in [1.29, 1.82) is 0 Å². The van der Waals surface area contributed by atoms with Gasteiger partial charge in [0.1, 0.15) is 16.5 Å². The number of carbonyl (C=O) groups excluding carboxylic acids is 1. The molecule has 0 spiro atoms. The first-order valence-electron chi connectivity index (χ1n) is 5.97. The van der Waals surface area contributed by atoms with E-state index in [4.69, 9.17) is 5.73 Å². The highest BCUT2D eigenvalue weighted by molar-refractivity contribution is 7.18. The molecule has 3 aromatic heterocycles. The van der Waals surface area contributed by atoms with E-state index in [9.17, 15) is 9.18 Å². The summed E-state index contributed by atoms with van der Waals surface area (Å²) in [5.74, 6) is -1.01. The van der Waals surface area contributed by atoms with Crippen LogP contribution in [0.15, 0.2) is 42.9 Å². The standard InChI is InChI=1S/C14H9FN4OS/c15-9-4-8(5-17-6-9)14-18-7-12(21-14)10-2-1-3-11(19-10)13(16)20/h1-7H,(H2,16,20). The molecule has 104 valence electrons. The van der Waals surface area contributed by atoms with Crippen LogP contribution in [0.4, 0.5) is 4.39 Å². The van der Waals surface area contributed by atoms with Crippen molar-refractivity contribution in [3.8, 4) is 21.1 Å². The number of carbonyl (C=O) groups is 1. The van der Waals surface area contributed by atoms with Gasteiger partial charge >= 0.3 is 0 Å². The Morgan fingerprint density at radius 3 is 2.86 bits per heavy atom. The Hall–Kier alpha value is -2.67. The summed E-state index contributed by atoms with van der Waals surface area (Å²) in [7, 11) is 0. The number of nitrogens with zero attached hydrogens (tertiary/aromatic N) is 3. The monoisotopic (exact) mass is 300 g/mol. The Labute approximate surface area is 123 Å². The molecule has 3 heterocycles. The summed E-state index contributed by atoms with van der Waals surface area (Å²) in [5, 5.41) is 0.628. The van der Waals surface area contributed by atoms with Crippen LogP contribution in [-0.2, 0) is 0 Å². The molecule has 0 aromatic carbocycles. The van der Waals surface area contributed by atoms with Crippen LogP contribution in [0.2, 0.25) is 0 Å². The maximum atomic E-state index is 13.2. The maximum Gasteiger partial charge on any atom is 0.267 e. The molecule has 0 unspecified atom stereocenters. The Morgan fingerprint density at radius 1 is 1.24 bits per heavy atom. The van der Waals surface area contributed by atoms with Crippen LogP contribution in [0.5, 0.6) is 0 Å². The van der Waals surface area contributed by atoms with Crippen molar-refractivity contribution in [3.05, 3.63) is 54.4 Å². The predicted molar refractivity (Wildman–Crippen MR) is 77.1 cm³/mol. The summed E-state index contributed by atoms with van der Waals surface area (Å²) in [6, 6.07) is 6.37. The third kappa shape index (κ3) is 2.77. The molecule has 5 nitrogen and oxygen atoms in total. The van der Waals surface area contributed by atoms with Crippen LogP contribution in [0.25, 0.3) is 21.1 Å². The maximum absolute atomic E-state index is 13.2. The second-order valence-corrected chi connectivity index (χ2v) is 5.22. The van der Waals surface area contributed by atoms with Gasteiger partial charge in [-0.15, -0.1) is 11.3 Å². The van der Waals surface area contributed by atoms with Crippen molar-refractivity contribution in [2.75, 3.05) is 0 Å². The summed E-state index contributed by atoms with van der Waals surface area (Å²) in [4.78, 5) is 24.1. The van der Waals surface area contributed by atoms with E-state index in [1.165, 1.54) is 17.4 Å². The number of aromatic nitrogens is 3. The van der Waals surface area contributed by atoms with E-state index in [1.807, 2.05) is 0 Å². The normalized spacial score (nSPS) is 10.5. The molecule has 0 atom stereocenters. The van der Waals surface area contributed by atoms with Gasteiger partial charge in [-0.25, -0.2) is 14.4 Å². The zero-order valence-electron chi connectivity index (χ0n) is 10.7. The second kappa shape index (κ2) is 5.37. The molecule has 0 aliphatic rings. The van der Waals surface area contributed by atoms with Crippen LogP contribution in [0.3, 0.4) is 0 Å². The van der Waals surface area contributed by atoms with Gasteiger partial charge in [0.05, 0.1) is 16.8 Å². The number of thiazole rings is 1. The van der Waals surface area contributed by atoms with Crippen molar-refractivity contribution in [1.82, 2.24) is 15.0 Å². The van der Waals surface area contributed by atoms with E-state index in [0.717, 1.165) is 11.1 Å². The lowest BCUT2D eigenvalue weighted by Crippen LogP contribution is -2.12. The fourth-order valence-corrected chi connectivity index (χ4v) is 2.63. The van der Waals surface area contributed by atoms with Crippen molar-refractivity contribution >= 4 is 17.2 Å². The lowest BCUT2D eigenvalue weighted by molar-refractivity contribution is 0.0995. The summed E-state index contributed by atoms with van der Waals surface area (Å²) >= 11 is 1.34. The highest BCUT2D eigenvalue weighted by Crippen LogP contribution is 2.30. The lowest BCUT2D eigenvalue weighted by atomic mass is 10.3. The van der Waals surface area contributed by atoms with Gasteiger partial charge in [-0.3, -0.25) is 9.78 Å². The van der Waals surface area contributed by atoms with Gasteiger partial charge in [-0.05, 0) is 18.2 Å². The molecule has 7 heteroatoms. The fraction of sp³-hybridized carbons (Fsp3) is 0. The summed E-state index contributed by atoms with van der Waals surface area (Å²) in [6.45, 7) is 0. The van der Waals surface area contributed by atoms with E-state index in [0.29, 0.717) is 16.3 Å². The molecule has 0 saturated carbocycles. The van der Waals surface area contributed by atoms with Crippen LogP contribution in [0, 0.1) is 5.82 Å². The van der Waals surface area contributed by atoms with Crippen molar-refractivity contribution < 1.29 is 9.18 Å². The minimum atomic E-state index is -0.587. The Bertz CT molecular complexity index is 818. The third-order valence-corrected chi connectivity index (χ3v) is 3.78. The van der Waals surface area contributed by atoms with E-state index in [1.54, 1.807) is 30.6 Å². The van der Waals surface area contributed by atoms with Crippen LogP contribution in [-0.4, -0.2) is 20.9 Å². The van der Waals surface area contributed by atoms with Gasteiger partial charge in [-0.1, -0.05) is 6.07 Å². The lowest BCUT2D eigenvalue weighted by Gasteiger charge is -1.98. The highest BCUT2D eigenvalue weighted by atomic mass is 32.1. The molecule has 0 aliphatic heterocycles. The van der Waals surface area contributed by atoms with E-state index < -0.39 is 11.7 Å². The quantitative estimate of drug-likeness (QED) is 0.805. The number of rotatable bonds is 3. The summed E-state index contributed by atoms with van der Waals surface area (Å²) in [5.41, 5.74) is 6.59. The number of nitrogens with two attached hydrogens (primary N) is 1. The number of primary amides is 1. The molecule has 0 aliphatic carbocycles. The van der Waals surface area contributed by atoms with Gasteiger partial charge in [0, 0.05) is 18.0 Å². The minimum absolute atomic E-state index is 0.190. The van der Waals surface area contributed by atoms with Gasteiger partial charge < -0.3 is 5.73 Å². The SMILES string of the molecule is NC(=O)c1cccc(-c2cnc(-c3cncc(F)c3)s2)n1. The van der Waals surface area contributed by atoms with Crippen molar-refractivity contribution in [2.45, 2.75) is 0 Å². The molecule has 0 saturated heterocycles. The molecule has 2 N–H and O–H groups in total. The summed E-state index contributed by atoms with van der Waals surface area (Å²) in [6.07, 6.45) is 4.30. The predicted octanol–water partition coefficient (Wildman–Crippen LogP) is 2.51. The highest BCUT2D eigenvalue weighted by Gasteiger charge is 2.10. The average Bonchev–Trinajstić information content (AvgIpc) is 2.97. The van der Waals surface area contributed by atoms with Gasteiger partial charge in [0.15, 0.2) is 0 Å². The largest absolute Gasteiger partial charge is 0.364 e. The first kappa shape index (κ1) is 13.3. The van der Waals surface area contributed by atoms with Crippen LogP contribution < -0.4 is 5.73 Å². The number of hydrogen-bond acceptors (Lipinski definition) is 5. The smallest absolute Gasteiger partial charge is 0.267 e. The van der Waals surface area contributed by atoms with E-state index in [-0.39, 0.29) is 5.69 Å². The van der Waals surface area contributed by atoms with Crippen LogP contribution >= 0.6 is 11.3 Å². The first-order valence-corrected chi connectivity index (χ1v) is 6.79. The average molecular weight is 300 g/mol. The number of hydrogen-bond donors (Lipinski definition) is 1. The van der Waals surface area contributed by atoms with Gasteiger partial charge in [0.2, 0.25) is 0 Å². The Kier molecular flexibility index (Phi) is 3.41. The van der Waals surface area contributed by atoms with Crippen molar-refractivity contribution in [3.63, 3.8) is 0 Å². The molecule has 1 amide bonds. The molecule has 21 heavy (non-hydrogen) atoms. The molecule has 0 bridgehead atoms. The molecular formula is C14H9FN4OS. The van der Waals surface area contributed by atoms with E-state index in [2.05, 4.69) is 15.0 Å².